The first-order valence-corrected chi connectivity index (χ1v) is 7.06. The first kappa shape index (κ1) is 15.4. The number of amides is 1. The summed E-state index contributed by atoms with van der Waals surface area (Å²) in [4.78, 5) is 23.9. The third-order valence-electron chi connectivity index (χ3n) is 3.34. The minimum Gasteiger partial charge on any atom is -0.478 e. The summed E-state index contributed by atoms with van der Waals surface area (Å²) in [5.74, 6) is -1.05. The molecular formula is C15H17ClN2O3. The van der Waals surface area contributed by atoms with Crippen LogP contribution in [0.1, 0.15) is 18.9 Å². The summed E-state index contributed by atoms with van der Waals surface area (Å²) in [7, 11) is 0. The number of rotatable bonds is 4. The molecule has 1 aromatic rings. The van der Waals surface area contributed by atoms with Gasteiger partial charge in [0.05, 0.1) is 10.7 Å². The average Bonchev–Trinajstić information content (AvgIpc) is 2.83. The Morgan fingerprint density at radius 3 is 2.90 bits per heavy atom. The Balaban J connectivity index is 2.23. The molecule has 0 aromatic heterocycles. The lowest BCUT2D eigenvalue weighted by Crippen LogP contribution is -2.35. The van der Waals surface area contributed by atoms with Crippen LogP contribution in [0.3, 0.4) is 0 Å². The molecule has 1 saturated heterocycles. The Kier molecular flexibility index (Phi) is 4.85. The first-order chi connectivity index (χ1) is 9.97. The number of para-hydroxylation sites is 1. The molecule has 6 heteroatoms. The summed E-state index contributed by atoms with van der Waals surface area (Å²) in [6.07, 6.45) is 3.47. The Bertz CT molecular complexity index is 586. The van der Waals surface area contributed by atoms with Gasteiger partial charge in [0.2, 0.25) is 5.91 Å². The second-order valence-corrected chi connectivity index (χ2v) is 5.39. The van der Waals surface area contributed by atoms with Crippen LogP contribution >= 0.6 is 11.6 Å². The van der Waals surface area contributed by atoms with Gasteiger partial charge in [0.25, 0.3) is 0 Å². The van der Waals surface area contributed by atoms with E-state index in [-0.39, 0.29) is 11.9 Å². The van der Waals surface area contributed by atoms with Gasteiger partial charge in [-0.1, -0.05) is 23.7 Å². The van der Waals surface area contributed by atoms with Crippen molar-refractivity contribution in [2.45, 2.75) is 19.4 Å². The van der Waals surface area contributed by atoms with E-state index in [1.807, 2.05) is 6.07 Å². The lowest BCUT2D eigenvalue weighted by molar-refractivity contribution is -0.131. The van der Waals surface area contributed by atoms with Crippen LogP contribution in [-0.2, 0) is 9.59 Å². The number of carbonyl (C=O) groups excluding carboxylic acids is 1. The van der Waals surface area contributed by atoms with Gasteiger partial charge < -0.3 is 15.3 Å². The van der Waals surface area contributed by atoms with E-state index in [2.05, 4.69) is 10.2 Å². The third kappa shape index (κ3) is 3.98. The van der Waals surface area contributed by atoms with Gasteiger partial charge in [0, 0.05) is 32.1 Å². The van der Waals surface area contributed by atoms with Crippen molar-refractivity contribution in [3.05, 3.63) is 34.9 Å². The molecule has 0 spiro atoms. The van der Waals surface area contributed by atoms with Crippen LogP contribution in [-0.4, -0.2) is 36.1 Å². The maximum atomic E-state index is 11.1. The van der Waals surface area contributed by atoms with Crippen LogP contribution in [0.4, 0.5) is 5.69 Å². The minimum atomic E-state index is -1.00. The Morgan fingerprint density at radius 2 is 2.24 bits per heavy atom. The second kappa shape index (κ2) is 6.63. The number of nitrogens with one attached hydrogen (secondary N) is 1. The van der Waals surface area contributed by atoms with Crippen molar-refractivity contribution in [1.82, 2.24) is 5.32 Å². The molecule has 0 saturated carbocycles. The van der Waals surface area contributed by atoms with Gasteiger partial charge in [0.15, 0.2) is 0 Å². The normalized spacial score (nSPS) is 18.2. The fourth-order valence-corrected chi connectivity index (χ4v) is 2.83. The molecule has 5 nitrogen and oxygen atoms in total. The molecule has 1 aromatic carbocycles. The summed E-state index contributed by atoms with van der Waals surface area (Å²) in [6.45, 7) is 2.93. The van der Waals surface area contributed by atoms with Gasteiger partial charge in [-0.25, -0.2) is 4.79 Å². The van der Waals surface area contributed by atoms with Gasteiger partial charge in [-0.3, -0.25) is 4.79 Å². The molecular weight excluding hydrogens is 292 g/mol. The molecule has 1 unspecified atom stereocenters. The zero-order chi connectivity index (χ0) is 15.4. The number of nitrogens with zero attached hydrogens (tertiary/aromatic N) is 1. The van der Waals surface area contributed by atoms with Crippen molar-refractivity contribution in [2.24, 2.45) is 0 Å². The van der Waals surface area contributed by atoms with Crippen LogP contribution < -0.4 is 10.2 Å². The molecule has 0 radical (unpaired) electrons. The third-order valence-corrected chi connectivity index (χ3v) is 3.64. The molecule has 112 valence electrons. The van der Waals surface area contributed by atoms with Crippen molar-refractivity contribution >= 4 is 35.2 Å². The van der Waals surface area contributed by atoms with E-state index in [1.54, 1.807) is 12.1 Å². The summed E-state index contributed by atoms with van der Waals surface area (Å²) in [5, 5.41) is 12.2. The molecule has 1 aliphatic rings. The molecule has 1 heterocycles. The monoisotopic (exact) mass is 308 g/mol. The summed E-state index contributed by atoms with van der Waals surface area (Å²) < 4.78 is 0. The number of halogens is 1. The quantitative estimate of drug-likeness (QED) is 0.836. The topological polar surface area (TPSA) is 69.6 Å². The number of hydrogen-bond donors (Lipinski definition) is 2. The maximum absolute atomic E-state index is 11.1. The van der Waals surface area contributed by atoms with E-state index in [0.29, 0.717) is 11.6 Å². The molecule has 1 amide bonds. The smallest absolute Gasteiger partial charge is 0.328 e. The van der Waals surface area contributed by atoms with E-state index in [4.69, 9.17) is 16.7 Å². The van der Waals surface area contributed by atoms with Crippen molar-refractivity contribution < 1.29 is 14.7 Å². The van der Waals surface area contributed by atoms with Crippen LogP contribution in [0.15, 0.2) is 24.3 Å². The highest BCUT2D eigenvalue weighted by Gasteiger charge is 2.25. The van der Waals surface area contributed by atoms with Crippen molar-refractivity contribution in [3.8, 4) is 0 Å². The van der Waals surface area contributed by atoms with Gasteiger partial charge in [-0.2, -0.15) is 0 Å². The van der Waals surface area contributed by atoms with Crippen molar-refractivity contribution in [3.63, 3.8) is 0 Å². The fraction of sp³-hybridized carbons (Fsp3) is 0.333. The largest absolute Gasteiger partial charge is 0.478 e. The highest BCUT2D eigenvalue weighted by atomic mass is 35.5. The number of carbonyl (C=O) groups is 2. The Morgan fingerprint density at radius 1 is 1.48 bits per heavy atom. The Labute approximate surface area is 128 Å². The fourth-order valence-electron chi connectivity index (χ4n) is 2.53. The molecule has 1 atom stereocenters. The highest BCUT2D eigenvalue weighted by Crippen LogP contribution is 2.33. The lowest BCUT2D eigenvalue weighted by Gasteiger charge is -2.22. The number of carboxylic acid groups (broad SMARTS) is 1. The van der Waals surface area contributed by atoms with E-state index in [1.165, 1.54) is 13.0 Å². The zero-order valence-corrected chi connectivity index (χ0v) is 12.4. The van der Waals surface area contributed by atoms with Crippen molar-refractivity contribution in [1.29, 1.82) is 0 Å². The summed E-state index contributed by atoms with van der Waals surface area (Å²) in [5.41, 5.74) is 1.57. The second-order valence-electron chi connectivity index (χ2n) is 4.98. The molecule has 1 aliphatic heterocycles. The molecule has 2 N–H and O–H groups in total. The number of hydrogen-bond acceptors (Lipinski definition) is 3. The van der Waals surface area contributed by atoms with Crippen LogP contribution in [0, 0.1) is 0 Å². The average molecular weight is 309 g/mol. The number of benzene rings is 1. The minimum absolute atomic E-state index is 0.0491. The van der Waals surface area contributed by atoms with Gasteiger partial charge in [0.1, 0.15) is 0 Å². The van der Waals surface area contributed by atoms with E-state index < -0.39 is 5.97 Å². The maximum Gasteiger partial charge on any atom is 0.328 e. The van der Waals surface area contributed by atoms with Crippen LogP contribution in [0.25, 0.3) is 6.08 Å². The summed E-state index contributed by atoms with van der Waals surface area (Å²) >= 11 is 6.27. The molecule has 0 bridgehead atoms. The number of aliphatic carboxylic acids is 1. The lowest BCUT2D eigenvalue weighted by atomic mass is 10.1. The molecule has 1 fully saturated rings. The van der Waals surface area contributed by atoms with E-state index in [0.717, 1.165) is 30.3 Å². The summed E-state index contributed by atoms with van der Waals surface area (Å²) in [6, 6.07) is 5.48. The number of anilines is 1. The van der Waals surface area contributed by atoms with Gasteiger partial charge >= 0.3 is 5.97 Å². The first-order valence-electron chi connectivity index (χ1n) is 6.69. The standard InChI is InChI=1S/C15H17ClN2O3/c1-10(19)17-12-7-8-18(9-12)15-11(5-6-14(20)21)3-2-4-13(15)16/h2-6,12H,7-9H2,1H3,(H,17,19)(H,20,21)/b6-5+. The SMILES string of the molecule is CC(=O)NC1CCN(c2c(Cl)cccc2/C=C/C(=O)O)C1. The van der Waals surface area contributed by atoms with E-state index in [9.17, 15) is 9.59 Å². The highest BCUT2D eigenvalue weighted by molar-refractivity contribution is 6.33. The van der Waals surface area contributed by atoms with Gasteiger partial charge in [-0.15, -0.1) is 0 Å². The van der Waals surface area contributed by atoms with E-state index >= 15 is 0 Å². The van der Waals surface area contributed by atoms with Crippen LogP contribution in [0.5, 0.6) is 0 Å². The molecule has 21 heavy (non-hydrogen) atoms. The molecule has 0 aliphatic carbocycles. The van der Waals surface area contributed by atoms with Gasteiger partial charge in [-0.05, 0) is 24.1 Å². The number of carboxylic acids is 1. The predicted octanol–water partition coefficient (Wildman–Crippen LogP) is 2.15. The Hall–Kier alpha value is -2.01. The zero-order valence-electron chi connectivity index (χ0n) is 11.7. The molecule has 2 rings (SSSR count). The predicted molar refractivity (Wildman–Crippen MR) is 82.6 cm³/mol. The van der Waals surface area contributed by atoms with Crippen molar-refractivity contribution in [2.75, 3.05) is 18.0 Å². The van der Waals surface area contributed by atoms with Crippen LogP contribution in [0.2, 0.25) is 5.02 Å².